The average molecular weight is 423 g/mol. The van der Waals surface area contributed by atoms with E-state index < -0.39 is 49.1 Å². The summed E-state index contributed by atoms with van der Waals surface area (Å²) in [7, 11) is 0. The van der Waals surface area contributed by atoms with Crippen LogP contribution in [-0.2, 0) is 23.7 Å². The summed E-state index contributed by atoms with van der Waals surface area (Å²) in [6, 6.07) is 4.57. The molecule has 2 saturated heterocycles. The molecule has 2 fully saturated rings. The number of esters is 1. The van der Waals surface area contributed by atoms with Gasteiger partial charge in [-0.05, 0) is 32.0 Å². The Morgan fingerprint density at radius 1 is 1.33 bits per heavy atom. The predicted molar refractivity (Wildman–Crippen MR) is 93.6 cm³/mol. The molecule has 8 nitrogen and oxygen atoms in total. The first-order valence-electron chi connectivity index (χ1n) is 8.27. The van der Waals surface area contributed by atoms with E-state index in [1.165, 1.54) is 12.1 Å². The van der Waals surface area contributed by atoms with Crippen molar-refractivity contribution in [1.29, 1.82) is 0 Å². The first kappa shape index (κ1) is 20.6. The van der Waals surface area contributed by atoms with Gasteiger partial charge in [-0.3, -0.25) is 0 Å². The van der Waals surface area contributed by atoms with Gasteiger partial charge in [0.25, 0.3) is 0 Å². The molecular formula is C17H20Cl2O8. The molecule has 2 aliphatic heterocycles. The third-order valence-corrected chi connectivity index (χ3v) is 4.62. The number of rotatable bonds is 6. The van der Waals surface area contributed by atoms with Crippen molar-refractivity contribution in [3.8, 4) is 5.75 Å². The molecule has 2 aliphatic rings. The molecule has 0 radical (unpaired) electrons. The van der Waals surface area contributed by atoms with Crippen LogP contribution in [0.5, 0.6) is 5.75 Å². The molecule has 10 heteroatoms. The standard InChI is InChI=1S/C17H20Cl2O8/c1-17(2)26-15-13(22)14(25-16(15)27-17)10(20)6-24-12(21)7-23-11-4-3-8(18)5-9(11)19/h3-5,10,13-16,20,22H,6-7H2,1-2H3/t10-,13+,14-,15-,16-/m1/s1. The maximum atomic E-state index is 11.8. The van der Waals surface area contributed by atoms with Gasteiger partial charge in [-0.1, -0.05) is 23.2 Å². The van der Waals surface area contributed by atoms with E-state index in [1.54, 1.807) is 19.9 Å². The topological polar surface area (TPSA) is 104 Å². The lowest BCUT2D eigenvalue weighted by atomic mass is 10.1. The number of halogens is 2. The highest BCUT2D eigenvalue weighted by Crippen LogP contribution is 2.38. The van der Waals surface area contributed by atoms with Gasteiger partial charge in [-0.25, -0.2) is 4.79 Å². The second-order valence-electron chi connectivity index (χ2n) is 6.67. The van der Waals surface area contributed by atoms with E-state index in [2.05, 4.69) is 0 Å². The minimum atomic E-state index is -1.26. The van der Waals surface area contributed by atoms with Gasteiger partial charge in [0, 0.05) is 5.02 Å². The number of hydrogen-bond donors (Lipinski definition) is 2. The molecule has 0 saturated carbocycles. The van der Waals surface area contributed by atoms with E-state index in [1.807, 2.05) is 0 Å². The number of aliphatic hydroxyl groups excluding tert-OH is 2. The Bertz CT molecular complexity index is 698. The van der Waals surface area contributed by atoms with Crippen molar-refractivity contribution in [3.05, 3.63) is 28.2 Å². The van der Waals surface area contributed by atoms with Crippen LogP contribution in [0.1, 0.15) is 13.8 Å². The summed E-state index contributed by atoms with van der Waals surface area (Å²) >= 11 is 11.7. The van der Waals surface area contributed by atoms with Gasteiger partial charge in [0.15, 0.2) is 18.7 Å². The summed E-state index contributed by atoms with van der Waals surface area (Å²) in [6.07, 6.45) is -4.89. The van der Waals surface area contributed by atoms with E-state index in [9.17, 15) is 15.0 Å². The fourth-order valence-electron chi connectivity index (χ4n) is 2.88. The Labute approximate surface area is 165 Å². The minimum absolute atomic E-state index is 0.257. The zero-order valence-corrected chi connectivity index (χ0v) is 16.1. The minimum Gasteiger partial charge on any atom is -0.480 e. The average Bonchev–Trinajstić information content (AvgIpc) is 3.05. The molecule has 2 N–H and O–H groups in total. The van der Waals surface area contributed by atoms with Crippen molar-refractivity contribution in [3.63, 3.8) is 0 Å². The first-order chi connectivity index (χ1) is 12.7. The van der Waals surface area contributed by atoms with Gasteiger partial charge >= 0.3 is 5.97 Å². The highest BCUT2D eigenvalue weighted by molar-refractivity contribution is 6.35. The van der Waals surface area contributed by atoms with Crippen LogP contribution < -0.4 is 4.74 Å². The Hall–Kier alpha value is -1.13. The van der Waals surface area contributed by atoms with Gasteiger partial charge in [0.1, 0.15) is 36.8 Å². The number of benzene rings is 1. The predicted octanol–water partition coefficient (Wildman–Crippen LogP) is 1.51. The van der Waals surface area contributed by atoms with E-state index in [-0.39, 0.29) is 17.4 Å². The Morgan fingerprint density at radius 2 is 2.07 bits per heavy atom. The summed E-state index contributed by atoms with van der Waals surface area (Å²) in [6.45, 7) is 2.60. The van der Waals surface area contributed by atoms with E-state index in [4.69, 9.17) is 46.9 Å². The molecule has 0 bridgehead atoms. The lowest BCUT2D eigenvalue weighted by molar-refractivity contribution is -0.228. The highest BCUT2D eigenvalue weighted by atomic mass is 35.5. The molecule has 1 aromatic rings. The van der Waals surface area contributed by atoms with Gasteiger partial charge in [-0.2, -0.15) is 0 Å². The largest absolute Gasteiger partial charge is 0.480 e. The van der Waals surface area contributed by atoms with E-state index in [0.29, 0.717) is 5.02 Å². The normalized spacial score (nSPS) is 30.0. The maximum absolute atomic E-state index is 11.8. The molecule has 0 spiro atoms. The van der Waals surface area contributed by atoms with Crippen LogP contribution >= 0.6 is 23.2 Å². The van der Waals surface area contributed by atoms with Crippen molar-refractivity contribution >= 4 is 29.2 Å². The fourth-order valence-corrected chi connectivity index (χ4v) is 3.34. The van der Waals surface area contributed by atoms with E-state index >= 15 is 0 Å². The Balaban J connectivity index is 1.44. The molecule has 150 valence electrons. The second-order valence-corrected chi connectivity index (χ2v) is 7.52. The molecule has 0 amide bonds. The van der Waals surface area contributed by atoms with Crippen LogP contribution in [0, 0.1) is 0 Å². The molecular weight excluding hydrogens is 403 g/mol. The summed E-state index contributed by atoms with van der Waals surface area (Å²) in [4.78, 5) is 11.8. The summed E-state index contributed by atoms with van der Waals surface area (Å²) < 4.78 is 26.7. The van der Waals surface area contributed by atoms with Gasteiger partial charge in [0.05, 0.1) is 5.02 Å². The molecule has 0 aliphatic carbocycles. The molecule has 2 heterocycles. The molecule has 27 heavy (non-hydrogen) atoms. The van der Waals surface area contributed by atoms with Crippen molar-refractivity contribution in [1.82, 2.24) is 0 Å². The zero-order valence-electron chi connectivity index (χ0n) is 14.6. The third-order valence-electron chi connectivity index (χ3n) is 4.09. The first-order valence-corrected chi connectivity index (χ1v) is 9.02. The van der Waals surface area contributed by atoms with Crippen molar-refractivity contribution in [2.24, 2.45) is 0 Å². The van der Waals surface area contributed by atoms with Crippen LogP contribution in [0.3, 0.4) is 0 Å². The zero-order chi connectivity index (χ0) is 19.8. The second kappa shape index (κ2) is 8.08. The Kier molecular flexibility index (Phi) is 6.17. The van der Waals surface area contributed by atoms with Gasteiger partial charge in [0.2, 0.25) is 0 Å². The number of fused-ring (bicyclic) bond motifs is 1. The van der Waals surface area contributed by atoms with Crippen molar-refractivity contribution < 1.29 is 38.7 Å². The summed E-state index contributed by atoms with van der Waals surface area (Å²) in [5, 5.41) is 21.1. The highest BCUT2D eigenvalue weighted by Gasteiger charge is 2.56. The SMILES string of the molecule is CC1(C)O[C@H]2O[C@H]([C@H](O)COC(=O)COc3ccc(Cl)cc3Cl)[C@H](O)[C@H]2O1. The lowest BCUT2D eigenvalue weighted by Gasteiger charge is -2.25. The number of carbonyl (C=O) groups is 1. The number of aliphatic hydroxyl groups is 2. The van der Waals surface area contributed by atoms with Crippen LogP contribution in [0.15, 0.2) is 18.2 Å². The van der Waals surface area contributed by atoms with Crippen molar-refractivity contribution in [2.45, 2.75) is 50.3 Å². The number of hydrogen-bond acceptors (Lipinski definition) is 8. The van der Waals surface area contributed by atoms with Crippen LogP contribution in [-0.4, -0.2) is 65.9 Å². The lowest BCUT2D eigenvalue weighted by Crippen LogP contribution is -2.43. The Morgan fingerprint density at radius 3 is 2.74 bits per heavy atom. The van der Waals surface area contributed by atoms with Crippen LogP contribution in [0.4, 0.5) is 0 Å². The van der Waals surface area contributed by atoms with Gasteiger partial charge in [-0.15, -0.1) is 0 Å². The van der Waals surface area contributed by atoms with Crippen LogP contribution in [0.2, 0.25) is 10.0 Å². The molecule has 3 rings (SSSR count). The smallest absolute Gasteiger partial charge is 0.344 e. The number of ether oxygens (including phenoxy) is 5. The molecule has 5 atom stereocenters. The van der Waals surface area contributed by atoms with Crippen molar-refractivity contribution in [2.75, 3.05) is 13.2 Å². The molecule has 0 aromatic heterocycles. The quantitative estimate of drug-likeness (QED) is 0.664. The maximum Gasteiger partial charge on any atom is 0.344 e. The van der Waals surface area contributed by atoms with E-state index in [0.717, 1.165) is 0 Å². The molecule has 0 unspecified atom stereocenters. The molecule has 1 aromatic carbocycles. The fraction of sp³-hybridized carbons (Fsp3) is 0.588. The monoisotopic (exact) mass is 422 g/mol. The summed E-state index contributed by atoms with van der Waals surface area (Å²) in [5.41, 5.74) is 0. The van der Waals surface area contributed by atoms with Crippen LogP contribution in [0.25, 0.3) is 0 Å². The summed E-state index contributed by atoms with van der Waals surface area (Å²) in [5.74, 6) is -1.32. The third kappa shape index (κ3) is 4.83. The number of carbonyl (C=O) groups excluding carboxylic acids is 1. The van der Waals surface area contributed by atoms with Gasteiger partial charge < -0.3 is 33.9 Å².